The molecule has 0 atom stereocenters. The standard InChI is InChI=1S/C15H12BrCl2N5O/c16-11-5-19-22(7-11)9-14(24)20-15-13(18)8-23(21-15)6-10-1-3-12(17)4-2-10/h1-5,7-8H,6,9H2,(H,20,21,24). The Bertz CT molecular complexity index is 859. The number of aromatic nitrogens is 4. The summed E-state index contributed by atoms with van der Waals surface area (Å²) in [4.78, 5) is 12.0. The smallest absolute Gasteiger partial charge is 0.247 e. The summed E-state index contributed by atoms with van der Waals surface area (Å²) in [6, 6.07) is 7.44. The summed E-state index contributed by atoms with van der Waals surface area (Å²) in [6.45, 7) is 0.602. The molecule has 124 valence electrons. The first-order valence-electron chi connectivity index (χ1n) is 6.95. The molecule has 2 heterocycles. The van der Waals surface area contributed by atoms with Crippen LogP contribution in [0, 0.1) is 0 Å². The first-order chi connectivity index (χ1) is 11.5. The van der Waals surface area contributed by atoms with Gasteiger partial charge in [0.15, 0.2) is 5.82 Å². The van der Waals surface area contributed by atoms with Gasteiger partial charge in [0.2, 0.25) is 5.91 Å². The van der Waals surface area contributed by atoms with Crippen LogP contribution in [0.5, 0.6) is 0 Å². The number of halogens is 3. The highest BCUT2D eigenvalue weighted by Crippen LogP contribution is 2.20. The second-order valence-corrected chi connectivity index (χ2v) is 6.81. The molecule has 24 heavy (non-hydrogen) atoms. The van der Waals surface area contributed by atoms with Crippen LogP contribution in [0.1, 0.15) is 5.56 Å². The summed E-state index contributed by atoms with van der Waals surface area (Å²) < 4.78 is 3.98. The number of nitrogens with zero attached hydrogens (tertiary/aromatic N) is 4. The van der Waals surface area contributed by atoms with E-state index >= 15 is 0 Å². The third kappa shape index (κ3) is 4.37. The quantitative estimate of drug-likeness (QED) is 0.671. The number of anilines is 1. The minimum Gasteiger partial charge on any atom is -0.306 e. The van der Waals surface area contributed by atoms with Gasteiger partial charge in [-0.15, -0.1) is 0 Å². The molecule has 0 unspecified atom stereocenters. The van der Waals surface area contributed by atoms with Gasteiger partial charge in [-0.3, -0.25) is 14.2 Å². The van der Waals surface area contributed by atoms with Crippen LogP contribution in [-0.2, 0) is 17.9 Å². The molecular formula is C15H12BrCl2N5O. The van der Waals surface area contributed by atoms with E-state index < -0.39 is 0 Å². The van der Waals surface area contributed by atoms with Gasteiger partial charge in [0.1, 0.15) is 11.6 Å². The molecule has 0 aliphatic heterocycles. The maximum atomic E-state index is 12.0. The molecule has 1 N–H and O–H groups in total. The molecule has 0 aliphatic rings. The van der Waals surface area contributed by atoms with Gasteiger partial charge in [0, 0.05) is 17.4 Å². The molecule has 0 bridgehead atoms. The van der Waals surface area contributed by atoms with E-state index in [0.717, 1.165) is 10.0 Å². The van der Waals surface area contributed by atoms with Crippen molar-refractivity contribution in [3.8, 4) is 0 Å². The molecule has 0 fully saturated rings. The van der Waals surface area contributed by atoms with Crippen LogP contribution in [0.2, 0.25) is 10.0 Å². The van der Waals surface area contributed by atoms with Crippen LogP contribution in [0.3, 0.4) is 0 Å². The molecule has 1 aromatic carbocycles. The second-order valence-electron chi connectivity index (χ2n) is 5.05. The summed E-state index contributed by atoms with van der Waals surface area (Å²) in [5.74, 6) is 0.0612. The number of carbonyl (C=O) groups excluding carboxylic acids is 1. The van der Waals surface area contributed by atoms with Crippen molar-refractivity contribution < 1.29 is 4.79 Å². The largest absolute Gasteiger partial charge is 0.306 e. The average Bonchev–Trinajstić information content (AvgIpc) is 3.08. The minimum atomic E-state index is -0.260. The number of amides is 1. The lowest BCUT2D eigenvalue weighted by atomic mass is 10.2. The molecule has 3 rings (SSSR count). The Kier molecular flexibility index (Phi) is 5.23. The lowest BCUT2D eigenvalue weighted by molar-refractivity contribution is -0.116. The molecule has 0 aliphatic carbocycles. The molecule has 0 saturated heterocycles. The number of nitrogens with one attached hydrogen (secondary N) is 1. The SMILES string of the molecule is O=C(Cn1cc(Br)cn1)Nc1nn(Cc2ccc(Cl)cc2)cc1Cl. The van der Waals surface area contributed by atoms with Gasteiger partial charge < -0.3 is 5.32 Å². The number of rotatable bonds is 5. The lowest BCUT2D eigenvalue weighted by Crippen LogP contribution is -2.19. The highest BCUT2D eigenvalue weighted by molar-refractivity contribution is 9.10. The highest BCUT2D eigenvalue weighted by Gasteiger charge is 2.12. The zero-order valence-electron chi connectivity index (χ0n) is 12.3. The van der Waals surface area contributed by atoms with Gasteiger partial charge in [-0.25, -0.2) is 0 Å². The van der Waals surface area contributed by atoms with Gasteiger partial charge in [-0.1, -0.05) is 35.3 Å². The predicted octanol–water partition coefficient (Wildman–Crippen LogP) is 3.84. The predicted molar refractivity (Wildman–Crippen MR) is 96.3 cm³/mol. The molecule has 6 nitrogen and oxygen atoms in total. The van der Waals surface area contributed by atoms with E-state index in [1.807, 2.05) is 24.3 Å². The molecule has 0 spiro atoms. The van der Waals surface area contributed by atoms with Crippen molar-refractivity contribution in [1.29, 1.82) is 0 Å². The lowest BCUT2D eigenvalue weighted by Gasteiger charge is -2.03. The number of hydrogen-bond acceptors (Lipinski definition) is 3. The number of benzene rings is 1. The Morgan fingerprint density at radius 2 is 1.92 bits per heavy atom. The van der Waals surface area contributed by atoms with E-state index in [4.69, 9.17) is 23.2 Å². The van der Waals surface area contributed by atoms with E-state index in [9.17, 15) is 4.79 Å². The van der Waals surface area contributed by atoms with E-state index in [2.05, 4.69) is 31.4 Å². The summed E-state index contributed by atoms with van der Waals surface area (Å²) in [5.41, 5.74) is 1.03. The third-order valence-corrected chi connectivity index (χ3v) is 4.08. The van der Waals surface area contributed by atoms with E-state index in [1.54, 1.807) is 23.3 Å². The average molecular weight is 429 g/mol. The highest BCUT2D eigenvalue weighted by atomic mass is 79.9. The molecule has 1 amide bonds. The van der Waals surface area contributed by atoms with E-state index in [1.165, 1.54) is 4.68 Å². The molecule has 9 heteroatoms. The van der Waals surface area contributed by atoms with Crippen LogP contribution < -0.4 is 5.32 Å². The van der Waals surface area contributed by atoms with Crippen LogP contribution in [-0.4, -0.2) is 25.5 Å². The Hall–Kier alpha value is -1.83. The van der Waals surface area contributed by atoms with Crippen molar-refractivity contribution in [3.05, 3.63) is 62.9 Å². The Morgan fingerprint density at radius 3 is 2.58 bits per heavy atom. The van der Waals surface area contributed by atoms with Crippen LogP contribution >= 0.6 is 39.1 Å². The van der Waals surface area contributed by atoms with Gasteiger partial charge in [0.25, 0.3) is 0 Å². The zero-order chi connectivity index (χ0) is 17.1. The summed E-state index contributed by atoms with van der Waals surface area (Å²) in [7, 11) is 0. The fraction of sp³-hybridized carbons (Fsp3) is 0.133. The maximum absolute atomic E-state index is 12.0. The second kappa shape index (κ2) is 7.38. The molecule has 0 saturated carbocycles. The van der Waals surface area contributed by atoms with Crippen LogP contribution in [0.4, 0.5) is 5.82 Å². The van der Waals surface area contributed by atoms with Crippen molar-refractivity contribution in [3.63, 3.8) is 0 Å². The van der Waals surface area contributed by atoms with Gasteiger partial charge in [-0.05, 0) is 33.6 Å². The third-order valence-electron chi connectivity index (χ3n) is 3.14. The van der Waals surface area contributed by atoms with Crippen LogP contribution in [0.25, 0.3) is 0 Å². The van der Waals surface area contributed by atoms with Crippen molar-refractivity contribution in [1.82, 2.24) is 19.6 Å². The van der Waals surface area contributed by atoms with Crippen molar-refractivity contribution in [2.24, 2.45) is 0 Å². The molecular weight excluding hydrogens is 417 g/mol. The van der Waals surface area contributed by atoms with Crippen molar-refractivity contribution in [2.75, 3.05) is 5.32 Å². The van der Waals surface area contributed by atoms with Crippen molar-refractivity contribution in [2.45, 2.75) is 13.1 Å². The van der Waals surface area contributed by atoms with Gasteiger partial charge in [0.05, 0.1) is 17.2 Å². The molecule has 3 aromatic rings. The fourth-order valence-electron chi connectivity index (χ4n) is 2.08. The minimum absolute atomic E-state index is 0.0754. The van der Waals surface area contributed by atoms with Gasteiger partial charge >= 0.3 is 0 Å². The summed E-state index contributed by atoms with van der Waals surface area (Å²) in [5, 5.41) is 12.1. The first kappa shape index (κ1) is 17.0. The van der Waals surface area contributed by atoms with Gasteiger partial charge in [-0.2, -0.15) is 10.2 Å². The summed E-state index contributed by atoms with van der Waals surface area (Å²) >= 11 is 15.3. The topological polar surface area (TPSA) is 64.7 Å². The number of hydrogen-bond donors (Lipinski definition) is 1. The Labute approximate surface area is 156 Å². The maximum Gasteiger partial charge on any atom is 0.247 e. The van der Waals surface area contributed by atoms with E-state index in [-0.39, 0.29) is 12.5 Å². The zero-order valence-corrected chi connectivity index (χ0v) is 15.4. The Balaban J connectivity index is 1.65. The number of carbonyl (C=O) groups is 1. The fourth-order valence-corrected chi connectivity index (χ4v) is 2.73. The molecule has 2 aromatic heterocycles. The normalized spacial score (nSPS) is 10.8. The summed E-state index contributed by atoms with van der Waals surface area (Å²) in [6.07, 6.45) is 4.98. The monoisotopic (exact) mass is 427 g/mol. The van der Waals surface area contributed by atoms with Crippen molar-refractivity contribution >= 4 is 50.9 Å². The Morgan fingerprint density at radius 1 is 1.17 bits per heavy atom. The molecule has 0 radical (unpaired) electrons. The first-order valence-corrected chi connectivity index (χ1v) is 8.50. The van der Waals surface area contributed by atoms with Crippen LogP contribution in [0.15, 0.2) is 47.3 Å². The van der Waals surface area contributed by atoms with E-state index in [0.29, 0.717) is 22.4 Å².